The van der Waals surface area contributed by atoms with Crippen molar-refractivity contribution < 1.29 is 9.53 Å². The van der Waals surface area contributed by atoms with Crippen LogP contribution in [0.1, 0.15) is 11.6 Å². The van der Waals surface area contributed by atoms with E-state index in [0.29, 0.717) is 31.3 Å². The van der Waals surface area contributed by atoms with Crippen LogP contribution in [0.2, 0.25) is 5.02 Å². The van der Waals surface area contributed by atoms with Crippen molar-refractivity contribution in [3.63, 3.8) is 0 Å². The summed E-state index contributed by atoms with van der Waals surface area (Å²) < 4.78 is 5.42. The van der Waals surface area contributed by atoms with Crippen LogP contribution in [0, 0.1) is 0 Å². The summed E-state index contributed by atoms with van der Waals surface area (Å²) in [6.07, 6.45) is 0. The predicted octanol–water partition coefficient (Wildman–Crippen LogP) is 0.787. The molecular formula is C14H20ClN3O2. The fourth-order valence-electron chi connectivity index (χ4n) is 2.57. The van der Waals surface area contributed by atoms with Crippen molar-refractivity contribution in [2.24, 2.45) is 5.73 Å². The summed E-state index contributed by atoms with van der Waals surface area (Å²) in [6.45, 7) is 2.03. The summed E-state index contributed by atoms with van der Waals surface area (Å²) in [7, 11) is 1.63. The third kappa shape index (κ3) is 3.12. The zero-order valence-electron chi connectivity index (χ0n) is 11.5. The van der Waals surface area contributed by atoms with E-state index in [1.807, 2.05) is 24.3 Å². The largest absolute Gasteiger partial charge is 0.378 e. The highest BCUT2D eigenvalue weighted by Crippen LogP contribution is 2.29. The van der Waals surface area contributed by atoms with E-state index >= 15 is 0 Å². The SMILES string of the molecule is CNC(=O)C1COCCN1C(CN)c1ccccc1Cl. The van der Waals surface area contributed by atoms with Gasteiger partial charge in [0.2, 0.25) is 5.91 Å². The van der Waals surface area contributed by atoms with Crippen LogP contribution in [0.5, 0.6) is 0 Å². The third-order valence-electron chi connectivity index (χ3n) is 3.61. The molecule has 6 heteroatoms. The Labute approximate surface area is 124 Å². The topological polar surface area (TPSA) is 67.6 Å². The zero-order chi connectivity index (χ0) is 14.5. The maximum absolute atomic E-state index is 12.0. The van der Waals surface area contributed by atoms with Crippen LogP contribution in [0.3, 0.4) is 0 Å². The van der Waals surface area contributed by atoms with Gasteiger partial charge in [-0.25, -0.2) is 0 Å². The molecule has 0 aliphatic carbocycles. The van der Waals surface area contributed by atoms with E-state index in [1.54, 1.807) is 7.05 Å². The summed E-state index contributed by atoms with van der Waals surface area (Å²) in [4.78, 5) is 14.1. The molecule has 1 fully saturated rings. The lowest BCUT2D eigenvalue weighted by atomic mass is 10.0. The van der Waals surface area contributed by atoms with Crippen molar-refractivity contribution in [3.8, 4) is 0 Å². The molecule has 1 saturated heterocycles. The first kappa shape index (κ1) is 15.3. The first-order valence-corrected chi connectivity index (χ1v) is 7.06. The average Bonchev–Trinajstić information content (AvgIpc) is 2.49. The minimum atomic E-state index is -0.335. The van der Waals surface area contributed by atoms with Crippen molar-refractivity contribution in [2.75, 3.05) is 33.4 Å². The molecule has 0 saturated carbocycles. The van der Waals surface area contributed by atoms with Crippen molar-refractivity contribution in [2.45, 2.75) is 12.1 Å². The molecule has 0 spiro atoms. The summed E-state index contributed by atoms with van der Waals surface area (Å²) in [5, 5.41) is 3.35. The minimum absolute atomic E-state index is 0.0600. The molecular weight excluding hydrogens is 278 g/mol. The van der Waals surface area contributed by atoms with Gasteiger partial charge in [0.1, 0.15) is 6.04 Å². The minimum Gasteiger partial charge on any atom is -0.378 e. The Kier molecular flexibility index (Phi) is 5.37. The summed E-state index contributed by atoms with van der Waals surface area (Å²) in [5.41, 5.74) is 6.89. The number of halogens is 1. The van der Waals surface area contributed by atoms with Crippen LogP contribution < -0.4 is 11.1 Å². The zero-order valence-corrected chi connectivity index (χ0v) is 12.3. The van der Waals surface area contributed by atoms with E-state index in [0.717, 1.165) is 5.56 Å². The van der Waals surface area contributed by atoms with E-state index in [9.17, 15) is 4.79 Å². The van der Waals surface area contributed by atoms with Gasteiger partial charge in [0.25, 0.3) is 0 Å². The Bertz CT molecular complexity index is 469. The molecule has 0 radical (unpaired) electrons. The van der Waals surface area contributed by atoms with E-state index in [2.05, 4.69) is 10.2 Å². The number of nitrogens with zero attached hydrogens (tertiary/aromatic N) is 1. The van der Waals surface area contributed by atoms with Crippen LogP contribution in [0.4, 0.5) is 0 Å². The predicted molar refractivity (Wildman–Crippen MR) is 78.6 cm³/mol. The van der Waals surface area contributed by atoms with Gasteiger partial charge >= 0.3 is 0 Å². The quantitative estimate of drug-likeness (QED) is 0.862. The molecule has 2 unspecified atom stereocenters. The van der Waals surface area contributed by atoms with Crippen molar-refractivity contribution in [3.05, 3.63) is 34.9 Å². The molecule has 3 N–H and O–H groups in total. The average molecular weight is 298 g/mol. The normalized spacial score (nSPS) is 21.4. The summed E-state index contributed by atoms with van der Waals surface area (Å²) >= 11 is 6.26. The van der Waals surface area contributed by atoms with Crippen LogP contribution in [0.25, 0.3) is 0 Å². The van der Waals surface area contributed by atoms with E-state index in [1.165, 1.54) is 0 Å². The fourth-order valence-corrected chi connectivity index (χ4v) is 2.83. The number of hydrogen-bond acceptors (Lipinski definition) is 4. The molecule has 0 aromatic heterocycles. The Morgan fingerprint density at radius 3 is 3.00 bits per heavy atom. The molecule has 5 nitrogen and oxygen atoms in total. The van der Waals surface area contributed by atoms with Gasteiger partial charge in [0, 0.05) is 31.2 Å². The molecule has 20 heavy (non-hydrogen) atoms. The second-order valence-corrected chi connectivity index (χ2v) is 5.12. The molecule has 1 aromatic carbocycles. The lowest BCUT2D eigenvalue weighted by molar-refractivity contribution is -0.134. The molecule has 2 atom stereocenters. The lowest BCUT2D eigenvalue weighted by Crippen LogP contribution is -2.55. The van der Waals surface area contributed by atoms with Gasteiger partial charge in [-0.05, 0) is 11.6 Å². The third-order valence-corrected chi connectivity index (χ3v) is 3.95. The second-order valence-electron chi connectivity index (χ2n) is 4.72. The Morgan fingerprint density at radius 2 is 2.35 bits per heavy atom. The molecule has 2 rings (SSSR count). The number of carbonyl (C=O) groups excluding carboxylic acids is 1. The second kappa shape index (κ2) is 7.04. The van der Waals surface area contributed by atoms with E-state index in [4.69, 9.17) is 22.1 Å². The molecule has 1 aromatic rings. The molecule has 1 amide bonds. The van der Waals surface area contributed by atoms with Crippen LogP contribution in [0.15, 0.2) is 24.3 Å². The van der Waals surface area contributed by atoms with E-state index < -0.39 is 0 Å². The highest BCUT2D eigenvalue weighted by molar-refractivity contribution is 6.31. The monoisotopic (exact) mass is 297 g/mol. The maximum atomic E-state index is 12.0. The molecule has 0 bridgehead atoms. The summed E-state index contributed by atoms with van der Waals surface area (Å²) in [6, 6.07) is 7.19. The van der Waals surface area contributed by atoms with Gasteiger partial charge in [0.15, 0.2) is 0 Å². The summed E-state index contributed by atoms with van der Waals surface area (Å²) in [5.74, 6) is -0.0600. The van der Waals surface area contributed by atoms with Crippen LogP contribution >= 0.6 is 11.6 Å². The maximum Gasteiger partial charge on any atom is 0.239 e. The highest BCUT2D eigenvalue weighted by atomic mass is 35.5. The van der Waals surface area contributed by atoms with Crippen molar-refractivity contribution in [1.82, 2.24) is 10.2 Å². The highest BCUT2D eigenvalue weighted by Gasteiger charge is 2.34. The molecule has 1 aliphatic heterocycles. The van der Waals surface area contributed by atoms with E-state index in [-0.39, 0.29) is 18.0 Å². The number of nitrogens with one attached hydrogen (secondary N) is 1. The van der Waals surface area contributed by atoms with Gasteiger partial charge in [-0.15, -0.1) is 0 Å². The number of morpholine rings is 1. The fraction of sp³-hybridized carbons (Fsp3) is 0.500. The van der Waals surface area contributed by atoms with Gasteiger partial charge < -0.3 is 15.8 Å². The number of carbonyl (C=O) groups is 1. The van der Waals surface area contributed by atoms with Gasteiger partial charge in [-0.1, -0.05) is 29.8 Å². The molecule has 1 aliphatic rings. The van der Waals surface area contributed by atoms with Gasteiger partial charge in [0.05, 0.1) is 13.2 Å². The van der Waals surface area contributed by atoms with Crippen molar-refractivity contribution in [1.29, 1.82) is 0 Å². The lowest BCUT2D eigenvalue weighted by Gasteiger charge is -2.39. The molecule has 1 heterocycles. The number of ether oxygens (including phenoxy) is 1. The first-order chi connectivity index (χ1) is 9.69. The van der Waals surface area contributed by atoms with Crippen molar-refractivity contribution >= 4 is 17.5 Å². The number of nitrogens with two attached hydrogens (primary N) is 1. The standard InChI is InChI=1S/C14H20ClN3O2/c1-17-14(19)13-9-20-7-6-18(13)12(8-16)10-4-2-3-5-11(10)15/h2-5,12-13H,6-9,16H2,1H3,(H,17,19). The Morgan fingerprint density at radius 1 is 1.60 bits per heavy atom. The number of hydrogen-bond donors (Lipinski definition) is 2. The molecule has 110 valence electrons. The number of benzene rings is 1. The smallest absolute Gasteiger partial charge is 0.239 e. The van der Waals surface area contributed by atoms with Crippen LogP contribution in [-0.2, 0) is 9.53 Å². The number of amides is 1. The number of rotatable bonds is 4. The van der Waals surface area contributed by atoms with Gasteiger partial charge in [-0.2, -0.15) is 0 Å². The number of likely N-dealkylation sites (N-methyl/N-ethyl adjacent to an activating group) is 1. The Balaban J connectivity index is 2.29. The first-order valence-electron chi connectivity index (χ1n) is 6.68. The van der Waals surface area contributed by atoms with Gasteiger partial charge in [-0.3, -0.25) is 9.69 Å². The van der Waals surface area contributed by atoms with Crippen LogP contribution in [-0.4, -0.2) is 50.2 Å². The Hall–Kier alpha value is -1.14.